The minimum atomic E-state index is -0.956. The van der Waals surface area contributed by atoms with Crippen molar-refractivity contribution in [3.63, 3.8) is 0 Å². The average molecular weight is 598 g/mol. The molecule has 1 amide bonds. The molecule has 0 aliphatic carbocycles. The van der Waals surface area contributed by atoms with Gasteiger partial charge >= 0.3 is 0 Å². The quantitative estimate of drug-likeness (QED) is 0.132. The Balaban J connectivity index is 1.48. The summed E-state index contributed by atoms with van der Waals surface area (Å²) >= 11 is 0. The molecule has 10 heteroatoms. The van der Waals surface area contributed by atoms with E-state index in [1.165, 1.54) is 6.07 Å². The second-order valence-corrected chi connectivity index (χ2v) is 11.2. The first kappa shape index (κ1) is 29.2. The van der Waals surface area contributed by atoms with Crippen molar-refractivity contribution < 1.29 is 22.9 Å². The zero-order valence-electron chi connectivity index (χ0n) is 24.6. The number of piperidine rings is 1. The van der Waals surface area contributed by atoms with Crippen molar-refractivity contribution >= 4 is 34.6 Å². The second kappa shape index (κ2) is 12.4. The summed E-state index contributed by atoms with van der Waals surface area (Å²) in [5, 5.41) is 7.44. The second-order valence-electron chi connectivity index (χ2n) is 11.2. The van der Waals surface area contributed by atoms with Crippen LogP contribution >= 0.6 is 0 Å². The molecule has 0 unspecified atom stereocenters. The fourth-order valence-corrected chi connectivity index (χ4v) is 5.97. The molecule has 2 aromatic heterocycles. The van der Waals surface area contributed by atoms with Crippen molar-refractivity contribution in [3.05, 3.63) is 89.6 Å². The topological polar surface area (TPSA) is 93.3 Å². The lowest BCUT2D eigenvalue weighted by Gasteiger charge is -2.27. The molecule has 8 nitrogen and oxygen atoms in total. The Morgan fingerprint density at radius 3 is 2.50 bits per heavy atom. The molecule has 0 radical (unpaired) electrons. The number of imidazole rings is 1. The van der Waals surface area contributed by atoms with E-state index in [1.807, 2.05) is 65.8 Å². The molecule has 3 heterocycles. The van der Waals surface area contributed by atoms with Crippen molar-refractivity contribution in [1.29, 1.82) is 0 Å². The SMILES string of the molecule is Cc1noc(C)c1-c1ccc2c(c1)nc([C@H](CCCC=O)Nc1ccc(F)c(F)c1)n2-c1ccc(N2CCCCC2=O)cc1. The molecule has 0 bridgehead atoms. The van der Waals surface area contributed by atoms with E-state index in [1.54, 1.807) is 0 Å². The van der Waals surface area contributed by atoms with Crippen LogP contribution in [-0.2, 0) is 9.59 Å². The van der Waals surface area contributed by atoms with Crippen molar-refractivity contribution in [2.45, 2.75) is 58.4 Å². The van der Waals surface area contributed by atoms with Gasteiger partial charge in [-0.05, 0) is 93.6 Å². The van der Waals surface area contributed by atoms with Crippen LogP contribution in [-0.4, -0.2) is 33.4 Å². The molecule has 1 N–H and O–H groups in total. The molecule has 226 valence electrons. The molecule has 0 spiro atoms. The number of amides is 1. The van der Waals surface area contributed by atoms with E-state index in [0.29, 0.717) is 49.5 Å². The zero-order chi connectivity index (χ0) is 30.8. The predicted molar refractivity (Wildman–Crippen MR) is 165 cm³/mol. The Bertz CT molecular complexity index is 1810. The highest BCUT2D eigenvalue weighted by Gasteiger charge is 2.24. The van der Waals surface area contributed by atoms with Gasteiger partial charge in [0, 0.05) is 48.1 Å². The van der Waals surface area contributed by atoms with Crippen molar-refractivity contribution in [2.24, 2.45) is 0 Å². The van der Waals surface area contributed by atoms with Gasteiger partial charge in [-0.25, -0.2) is 13.8 Å². The molecule has 3 aromatic carbocycles. The Morgan fingerprint density at radius 2 is 1.80 bits per heavy atom. The fourth-order valence-electron chi connectivity index (χ4n) is 5.97. The van der Waals surface area contributed by atoms with E-state index < -0.39 is 17.7 Å². The number of benzene rings is 3. The van der Waals surface area contributed by atoms with Crippen LogP contribution in [0.25, 0.3) is 27.8 Å². The lowest BCUT2D eigenvalue weighted by atomic mass is 10.0. The number of nitrogens with zero attached hydrogens (tertiary/aromatic N) is 4. The lowest BCUT2D eigenvalue weighted by molar-refractivity contribution is -0.119. The molecule has 0 saturated carbocycles. The first-order valence-electron chi connectivity index (χ1n) is 14.9. The third-order valence-corrected chi connectivity index (χ3v) is 8.13. The number of carbonyl (C=O) groups is 2. The first-order valence-corrected chi connectivity index (χ1v) is 14.9. The van der Waals surface area contributed by atoms with Gasteiger partial charge in [-0.2, -0.15) is 0 Å². The van der Waals surface area contributed by atoms with E-state index >= 15 is 0 Å². The number of carbonyl (C=O) groups excluding carboxylic acids is 2. The maximum absolute atomic E-state index is 14.2. The summed E-state index contributed by atoms with van der Waals surface area (Å²) in [6.45, 7) is 4.45. The smallest absolute Gasteiger partial charge is 0.226 e. The van der Waals surface area contributed by atoms with Crippen LogP contribution in [0.3, 0.4) is 0 Å². The highest BCUT2D eigenvalue weighted by Crippen LogP contribution is 2.35. The summed E-state index contributed by atoms with van der Waals surface area (Å²) in [5.41, 5.74) is 6.21. The Kier molecular flexibility index (Phi) is 8.23. The highest BCUT2D eigenvalue weighted by molar-refractivity contribution is 5.94. The van der Waals surface area contributed by atoms with Gasteiger partial charge in [0.15, 0.2) is 11.6 Å². The number of unbranched alkanes of at least 4 members (excludes halogenated alkanes) is 1. The van der Waals surface area contributed by atoms with E-state index in [2.05, 4.69) is 10.5 Å². The molecular formula is C34H33F2N5O3. The summed E-state index contributed by atoms with van der Waals surface area (Å²) in [5.74, 6) is -0.415. The maximum Gasteiger partial charge on any atom is 0.226 e. The maximum atomic E-state index is 14.2. The molecule has 5 aromatic rings. The number of halogens is 2. The van der Waals surface area contributed by atoms with Gasteiger partial charge < -0.3 is 19.5 Å². The molecule has 1 fully saturated rings. The summed E-state index contributed by atoms with van der Waals surface area (Å²) < 4.78 is 35.4. The van der Waals surface area contributed by atoms with Gasteiger partial charge in [-0.1, -0.05) is 11.2 Å². The zero-order valence-corrected chi connectivity index (χ0v) is 24.6. The minimum Gasteiger partial charge on any atom is -0.375 e. The molecule has 1 aliphatic rings. The number of anilines is 2. The van der Waals surface area contributed by atoms with Gasteiger partial charge in [-0.3, -0.25) is 9.36 Å². The van der Waals surface area contributed by atoms with Crippen LogP contribution in [0.15, 0.2) is 65.2 Å². The van der Waals surface area contributed by atoms with Crippen LogP contribution in [0, 0.1) is 25.5 Å². The van der Waals surface area contributed by atoms with Crippen LogP contribution < -0.4 is 10.2 Å². The number of aldehydes is 1. The van der Waals surface area contributed by atoms with Crippen LogP contribution in [0.2, 0.25) is 0 Å². The van der Waals surface area contributed by atoms with Gasteiger partial charge in [0.05, 0.1) is 22.8 Å². The molecule has 1 saturated heterocycles. The summed E-state index contributed by atoms with van der Waals surface area (Å²) in [6, 6.07) is 17.0. The summed E-state index contributed by atoms with van der Waals surface area (Å²) in [7, 11) is 0. The van der Waals surface area contributed by atoms with Crippen LogP contribution in [0.1, 0.15) is 61.8 Å². The third-order valence-electron chi connectivity index (χ3n) is 8.13. The van der Waals surface area contributed by atoms with Crippen molar-refractivity contribution in [3.8, 4) is 16.8 Å². The van der Waals surface area contributed by atoms with Crippen molar-refractivity contribution in [2.75, 3.05) is 16.8 Å². The van der Waals surface area contributed by atoms with Gasteiger partial charge in [0.25, 0.3) is 0 Å². The van der Waals surface area contributed by atoms with Crippen molar-refractivity contribution in [1.82, 2.24) is 14.7 Å². The number of rotatable bonds is 10. The summed E-state index contributed by atoms with van der Waals surface area (Å²) in [6.07, 6.45) is 4.72. The van der Waals surface area contributed by atoms with E-state index in [4.69, 9.17) is 9.51 Å². The van der Waals surface area contributed by atoms with E-state index in [0.717, 1.165) is 70.5 Å². The third kappa shape index (κ3) is 5.71. The standard InChI is InChI=1S/C34H33F2N5O3/c1-21-33(22(2)44-39-21)23-9-16-31-30(19-23)38-34(29(7-4-6-18-42)37-24-10-15-27(35)28(36)20-24)41(31)26-13-11-25(12-14-26)40-17-5-3-8-32(40)43/h9-16,18-20,29,37H,3-8,17H2,1-2H3/t29-/m0/s1. The predicted octanol–water partition coefficient (Wildman–Crippen LogP) is 7.61. The van der Waals surface area contributed by atoms with E-state index in [-0.39, 0.29) is 5.91 Å². The van der Waals surface area contributed by atoms with Crippen LogP contribution in [0.5, 0.6) is 0 Å². The first-order chi connectivity index (χ1) is 21.3. The summed E-state index contributed by atoms with van der Waals surface area (Å²) in [4.78, 5) is 30.7. The normalized spacial score (nSPS) is 14.3. The fraction of sp³-hybridized carbons (Fsp3) is 0.294. The number of hydrogen-bond donors (Lipinski definition) is 1. The molecule has 44 heavy (non-hydrogen) atoms. The lowest BCUT2D eigenvalue weighted by Crippen LogP contribution is -2.35. The van der Waals surface area contributed by atoms with Gasteiger partial charge in [-0.15, -0.1) is 0 Å². The van der Waals surface area contributed by atoms with E-state index in [9.17, 15) is 18.4 Å². The molecule has 1 atom stereocenters. The average Bonchev–Trinajstić information content (AvgIpc) is 3.57. The van der Waals surface area contributed by atoms with Gasteiger partial charge in [0.2, 0.25) is 5.91 Å². The number of nitrogens with one attached hydrogen (secondary N) is 1. The molecule has 1 aliphatic heterocycles. The number of fused-ring (bicyclic) bond motifs is 1. The van der Waals surface area contributed by atoms with Crippen LogP contribution in [0.4, 0.5) is 20.2 Å². The minimum absolute atomic E-state index is 0.121. The number of aryl methyl sites for hydroxylation is 2. The molecular weight excluding hydrogens is 564 g/mol. The Morgan fingerprint density at radius 1 is 1.00 bits per heavy atom. The van der Waals surface area contributed by atoms with Gasteiger partial charge in [0.1, 0.15) is 17.9 Å². The largest absolute Gasteiger partial charge is 0.375 e. The number of aromatic nitrogens is 3. The Hall–Kier alpha value is -4.86. The Labute approximate surface area is 253 Å². The number of hydrogen-bond acceptors (Lipinski definition) is 6. The highest BCUT2D eigenvalue weighted by atomic mass is 19.2. The monoisotopic (exact) mass is 597 g/mol. The molecule has 6 rings (SSSR count).